The van der Waals surface area contributed by atoms with E-state index in [0.717, 1.165) is 11.6 Å². The lowest BCUT2D eigenvalue weighted by Gasteiger charge is -2.22. The van der Waals surface area contributed by atoms with Crippen LogP contribution in [0.5, 0.6) is 5.75 Å². The minimum absolute atomic E-state index is 0.0510. The SMILES string of the molecule is NC(=O)CC(c1cc(Cl)cc(S(=O)(=O)O)c1O)[C@H](N)c1nnc(Cc2ccccc2)o1. The molecule has 6 N–H and O–H groups in total. The summed E-state index contributed by atoms with van der Waals surface area (Å²) in [7, 11) is -4.80. The Kier molecular flexibility index (Phi) is 6.60. The number of benzene rings is 2. The molecular formula is C19H19ClN4O6S. The standard InChI is InChI=1S/C19H19ClN4O6S/c20-11-7-13(18(26)14(8-11)31(27,28)29)12(9-15(21)25)17(22)19-24-23-16(30-19)6-10-4-2-1-3-5-10/h1-5,7-8,12,17,26H,6,9,22H2,(H2,21,25)(H,27,28,29)/t12?,17-/m0/s1. The molecule has 10 nitrogen and oxygen atoms in total. The molecule has 31 heavy (non-hydrogen) atoms. The van der Waals surface area contributed by atoms with Gasteiger partial charge in [0.2, 0.25) is 17.7 Å². The summed E-state index contributed by atoms with van der Waals surface area (Å²) in [5.74, 6) is -2.44. The number of halogens is 1. The Hall–Kier alpha value is -2.99. The molecule has 0 radical (unpaired) electrons. The Labute approximate surface area is 182 Å². The van der Waals surface area contributed by atoms with E-state index in [0.29, 0.717) is 6.42 Å². The second kappa shape index (κ2) is 9.02. The predicted molar refractivity (Wildman–Crippen MR) is 110 cm³/mol. The number of hydrogen-bond donors (Lipinski definition) is 4. The van der Waals surface area contributed by atoms with Crippen molar-refractivity contribution in [3.8, 4) is 5.75 Å². The van der Waals surface area contributed by atoms with E-state index < -0.39 is 45.1 Å². The van der Waals surface area contributed by atoms with E-state index in [2.05, 4.69) is 10.2 Å². The van der Waals surface area contributed by atoms with Crippen molar-refractivity contribution in [2.45, 2.75) is 29.7 Å². The third-order valence-corrected chi connectivity index (χ3v) is 5.65. The molecule has 0 fully saturated rings. The molecule has 2 aromatic carbocycles. The Morgan fingerprint density at radius 3 is 2.48 bits per heavy atom. The summed E-state index contributed by atoms with van der Waals surface area (Å²) in [5.41, 5.74) is 12.4. The number of carbonyl (C=O) groups excluding carboxylic acids is 1. The van der Waals surface area contributed by atoms with Gasteiger partial charge in [-0.3, -0.25) is 9.35 Å². The van der Waals surface area contributed by atoms with E-state index in [9.17, 15) is 22.9 Å². The molecule has 12 heteroatoms. The largest absolute Gasteiger partial charge is 0.506 e. The summed E-state index contributed by atoms with van der Waals surface area (Å²) < 4.78 is 38.2. The van der Waals surface area contributed by atoms with Crippen LogP contribution in [0.4, 0.5) is 0 Å². The normalized spacial score (nSPS) is 13.6. The van der Waals surface area contributed by atoms with Crippen LogP contribution in [-0.2, 0) is 21.3 Å². The smallest absolute Gasteiger partial charge is 0.298 e. The number of phenolic OH excluding ortho intramolecular Hbond substituents is 1. The number of phenols is 1. The van der Waals surface area contributed by atoms with Gasteiger partial charge in [-0.15, -0.1) is 10.2 Å². The number of rotatable bonds is 8. The molecule has 0 aliphatic heterocycles. The van der Waals surface area contributed by atoms with Crippen molar-refractivity contribution in [3.63, 3.8) is 0 Å². The topological polar surface area (TPSA) is 183 Å². The highest BCUT2D eigenvalue weighted by Gasteiger charge is 2.32. The van der Waals surface area contributed by atoms with E-state index in [1.54, 1.807) is 0 Å². The van der Waals surface area contributed by atoms with Crippen LogP contribution in [0, 0.1) is 0 Å². The number of primary amides is 1. The van der Waals surface area contributed by atoms with Crippen molar-refractivity contribution >= 4 is 27.6 Å². The minimum Gasteiger partial charge on any atom is -0.506 e. The van der Waals surface area contributed by atoms with Crippen LogP contribution in [0.1, 0.15) is 41.3 Å². The van der Waals surface area contributed by atoms with E-state index in [1.165, 1.54) is 6.07 Å². The highest BCUT2D eigenvalue weighted by atomic mass is 35.5. The van der Waals surface area contributed by atoms with Crippen LogP contribution in [-0.4, -0.2) is 34.2 Å². The van der Waals surface area contributed by atoms with Crippen molar-refractivity contribution in [3.05, 3.63) is 70.4 Å². The number of aromatic hydroxyl groups is 1. The zero-order valence-electron chi connectivity index (χ0n) is 16.0. The quantitative estimate of drug-likeness (QED) is 0.360. The summed E-state index contributed by atoms with van der Waals surface area (Å²) in [6.07, 6.45) is -0.0489. The fraction of sp³-hybridized carbons (Fsp3) is 0.211. The Balaban J connectivity index is 1.99. The fourth-order valence-corrected chi connectivity index (χ4v) is 4.07. The lowest BCUT2D eigenvalue weighted by molar-refractivity contribution is -0.118. The molecule has 1 heterocycles. The van der Waals surface area contributed by atoms with Crippen LogP contribution < -0.4 is 11.5 Å². The molecule has 1 amide bonds. The van der Waals surface area contributed by atoms with Gasteiger partial charge in [-0.2, -0.15) is 8.42 Å². The summed E-state index contributed by atoms with van der Waals surface area (Å²) in [6.45, 7) is 0. The summed E-state index contributed by atoms with van der Waals surface area (Å²) in [4.78, 5) is 10.8. The van der Waals surface area contributed by atoms with E-state index in [-0.39, 0.29) is 22.4 Å². The van der Waals surface area contributed by atoms with Gasteiger partial charge in [0.25, 0.3) is 10.1 Å². The maximum Gasteiger partial charge on any atom is 0.298 e. The Bertz CT molecular complexity index is 1200. The van der Waals surface area contributed by atoms with Gasteiger partial charge >= 0.3 is 0 Å². The highest BCUT2D eigenvalue weighted by molar-refractivity contribution is 7.86. The number of nitrogens with zero attached hydrogens (tertiary/aromatic N) is 2. The first-order valence-corrected chi connectivity index (χ1v) is 10.8. The minimum atomic E-state index is -4.80. The summed E-state index contributed by atoms with van der Waals surface area (Å²) >= 11 is 5.96. The first kappa shape index (κ1) is 22.7. The van der Waals surface area contributed by atoms with Crippen molar-refractivity contribution < 1.29 is 27.3 Å². The molecule has 0 bridgehead atoms. The molecule has 0 aliphatic carbocycles. The van der Waals surface area contributed by atoms with Gasteiger partial charge in [0.1, 0.15) is 10.6 Å². The maximum absolute atomic E-state index is 11.7. The molecule has 3 aromatic rings. The molecule has 164 valence electrons. The lowest BCUT2D eigenvalue weighted by atomic mass is 9.88. The molecule has 1 aromatic heterocycles. The summed E-state index contributed by atoms with van der Waals surface area (Å²) in [5, 5.41) is 18.2. The van der Waals surface area contributed by atoms with E-state index in [4.69, 9.17) is 27.5 Å². The van der Waals surface area contributed by atoms with Crippen LogP contribution in [0.25, 0.3) is 0 Å². The molecular weight excluding hydrogens is 448 g/mol. The Morgan fingerprint density at radius 1 is 1.19 bits per heavy atom. The molecule has 3 rings (SSSR count). The third-order valence-electron chi connectivity index (χ3n) is 4.57. The number of carbonyl (C=O) groups is 1. The van der Waals surface area contributed by atoms with Gasteiger partial charge in [-0.25, -0.2) is 0 Å². The van der Waals surface area contributed by atoms with E-state index >= 15 is 0 Å². The van der Waals surface area contributed by atoms with Gasteiger partial charge in [-0.1, -0.05) is 41.9 Å². The Morgan fingerprint density at radius 2 is 1.87 bits per heavy atom. The third kappa shape index (κ3) is 5.39. The lowest BCUT2D eigenvalue weighted by Crippen LogP contribution is -2.26. The predicted octanol–water partition coefficient (Wildman–Crippen LogP) is 1.93. The van der Waals surface area contributed by atoms with Crippen LogP contribution in [0.2, 0.25) is 5.02 Å². The van der Waals surface area contributed by atoms with Crippen molar-refractivity contribution in [2.75, 3.05) is 0 Å². The zero-order chi connectivity index (χ0) is 22.8. The second-order valence-corrected chi connectivity index (χ2v) is 8.64. The van der Waals surface area contributed by atoms with Crippen molar-refractivity contribution in [2.24, 2.45) is 11.5 Å². The van der Waals surface area contributed by atoms with Crippen molar-refractivity contribution in [1.29, 1.82) is 0 Å². The molecule has 0 saturated carbocycles. The van der Waals surface area contributed by atoms with Crippen LogP contribution in [0.3, 0.4) is 0 Å². The van der Waals surface area contributed by atoms with Crippen LogP contribution in [0.15, 0.2) is 51.8 Å². The first-order valence-electron chi connectivity index (χ1n) is 8.96. The van der Waals surface area contributed by atoms with Gasteiger partial charge in [0.05, 0.1) is 12.5 Å². The monoisotopic (exact) mass is 466 g/mol. The molecule has 1 unspecified atom stereocenters. The summed E-state index contributed by atoms with van der Waals surface area (Å²) in [6, 6.07) is 10.3. The van der Waals surface area contributed by atoms with Gasteiger partial charge < -0.3 is 21.0 Å². The number of hydrogen-bond acceptors (Lipinski definition) is 8. The number of amides is 1. The van der Waals surface area contributed by atoms with E-state index in [1.807, 2.05) is 30.3 Å². The zero-order valence-corrected chi connectivity index (χ0v) is 17.5. The molecule has 2 atom stereocenters. The highest BCUT2D eigenvalue weighted by Crippen LogP contribution is 2.41. The van der Waals surface area contributed by atoms with Crippen molar-refractivity contribution in [1.82, 2.24) is 10.2 Å². The van der Waals surface area contributed by atoms with Gasteiger partial charge in [0, 0.05) is 22.9 Å². The average molecular weight is 467 g/mol. The molecule has 0 spiro atoms. The molecule has 0 aliphatic rings. The van der Waals surface area contributed by atoms with Gasteiger partial charge in [0.15, 0.2) is 0 Å². The number of aromatic nitrogens is 2. The maximum atomic E-state index is 11.7. The van der Waals surface area contributed by atoms with Crippen LogP contribution >= 0.6 is 11.6 Å². The number of nitrogens with two attached hydrogens (primary N) is 2. The first-order chi connectivity index (χ1) is 14.6. The van der Waals surface area contributed by atoms with Gasteiger partial charge in [-0.05, 0) is 17.7 Å². The fourth-order valence-electron chi connectivity index (χ4n) is 3.14. The molecule has 0 saturated heterocycles. The second-order valence-electron chi connectivity index (χ2n) is 6.82. The average Bonchev–Trinajstić information content (AvgIpc) is 3.15.